The molecule has 0 amide bonds. The van der Waals surface area contributed by atoms with Crippen molar-refractivity contribution in [1.82, 2.24) is 0 Å². The molecule has 1 aliphatic rings. The lowest BCUT2D eigenvalue weighted by Crippen LogP contribution is -2.12. The first-order valence-electron chi connectivity index (χ1n) is 18.0. The van der Waals surface area contributed by atoms with Crippen molar-refractivity contribution >= 4 is 78.0 Å². The van der Waals surface area contributed by atoms with Gasteiger partial charge in [0.05, 0.1) is 5.69 Å². The quantitative estimate of drug-likeness (QED) is 0.175. The minimum atomic E-state index is 0.847. The van der Waals surface area contributed by atoms with Crippen LogP contribution in [0.5, 0.6) is 0 Å². The summed E-state index contributed by atoms with van der Waals surface area (Å²) in [4.78, 5) is 4.75. The molecule has 0 unspecified atom stereocenters. The van der Waals surface area contributed by atoms with Crippen LogP contribution in [0.1, 0.15) is 11.1 Å². The van der Waals surface area contributed by atoms with Gasteiger partial charge >= 0.3 is 0 Å². The highest BCUT2D eigenvalue weighted by molar-refractivity contribution is 6.08. The van der Waals surface area contributed by atoms with Crippen LogP contribution in [0.25, 0.3) is 55.0 Å². The number of nitrogens with zero attached hydrogens (tertiary/aromatic N) is 2. The molecule has 2 aromatic heterocycles. The first kappa shape index (κ1) is 29.7. The summed E-state index contributed by atoms with van der Waals surface area (Å²) in [7, 11) is 0. The van der Waals surface area contributed by atoms with Crippen molar-refractivity contribution in [3.63, 3.8) is 0 Å². The van der Waals surface area contributed by atoms with E-state index in [-0.39, 0.29) is 0 Å². The van der Waals surface area contributed by atoms with E-state index < -0.39 is 0 Å². The van der Waals surface area contributed by atoms with Gasteiger partial charge in [-0.1, -0.05) is 91.0 Å². The Morgan fingerprint density at radius 1 is 0.340 bits per heavy atom. The number of para-hydroxylation sites is 4. The fraction of sp³-hybridized carbons (Fsp3) is 0.0204. The molecule has 10 aromatic rings. The summed E-state index contributed by atoms with van der Waals surface area (Å²) in [6.45, 7) is 0. The fourth-order valence-corrected chi connectivity index (χ4v) is 8.26. The van der Waals surface area contributed by atoms with E-state index in [0.29, 0.717) is 0 Å². The van der Waals surface area contributed by atoms with E-state index in [1.54, 1.807) is 0 Å². The van der Waals surface area contributed by atoms with Crippen LogP contribution in [-0.2, 0) is 6.42 Å². The Hall–Kier alpha value is -7.04. The van der Waals surface area contributed by atoms with E-state index in [0.717, 1.165) is 78.7 Å². The molecule has 11 rings (SSSR count). The van der Waals surface area contributed by atoms with Crippen LogP contribution in [0.15, 0.2) is 191 Å². The number of rotatable bonds is 6. The van der Waals surface area contributed by atoms with E-state index in [9.17, 15) is 0 Å². The lowest BCUT2D eigenvalue weighted by Gasteiger charge is -2.28. The summed E-state index contributed by atoms with van der Waals surface area (Å²) in [5.74, 6) is 0. The monoisotopic (exact) mass is 680 g/mol. The zero-order valence-corrected chi connectivity index (χ0v) is 28.7. The maximum absolute atomic E-state index is 6.22. The zero-order chi connectivity index (χ0) is 34.9. The molecule has 250 valence electrons. The normalized spacial score (nSPS) is 12.1. The predicted molar refractivity (Wildman–Crippen MR) is 219 cm³/mol. The molecular formula is C49H32N2O2. The highest BCUT2D eigenvalue weighted by Crippen LogP contribution is 2.48. The second kappa shape index (κ2) is 11.8. The smallest absolute Gasteiger partial charge is 0.135 e. The van der Waals surface area contributed by atoms with Crippen molar-refractivity contribution in [2.45, 2.75) is 6.42 Å². The van der Waals surface area contributed by atoms with E-state index in [1.165, 1.54) is 27.9 Å². The average Bonchev–Trinajstić information content (AvgIpc) is 3.90. The Balaban J connectivity index is 1.06. The van der Waals surface area contributed by atoms with Crippen molar-refractivity contribution in [3.8, 4) is 11.1 Å². The number of fused-ring (bicyclic) bond motifs is 9. The molecular weight excluding hydrogens is 649 g/mol. The summed E-state index contributed by atoms with van der Waals surface area (Å²) in [6, 6.07) is 64.6. The maximum atomic E-state index is 6.22. The van der Waals surface area contributed by atoms with Crippen LogP contribution in [0, 0.1) is 0 Å². The molecule has 0 radical (unpaired) electrons. The molecule has 0 aliphatic heterocycles. The molecule has 0 atom stereocenters. The van der Waals surface area contributed by atoms with Crippen LogP contribution >= 0.6 is 0 Å². The van der Waals surface area contributed by atoms with Crippen molar-refractivity contribution in [2.75, 3.05) is 9.80 Å². The van der Waals surface area contributed by atoms with Crippen LogP contribution in [0.3, 0.4) is 0 Å². The van der Waals surface area contributed by atoms with E-state index in [4.69, 9.17) is 8.83 Å². The molecule has 53 heavy (non-hydrogen) atoms. The first-order valence-corrected chi connectivity index (χ1v) is 18.0. The van der Waals surface area contributed by atoms with Gasteiger partial charge in [-0.2, -0.15) is 0 Å². The maximum Gasteiger partial charge on any atom is 0.135 e. The van der Waals surface area contributed by atoms with Gasteiger partial charge in [-0.05, 0) is 113 Å². The van der Waals surface area contributed by atoms with Gasteiger partial charge < -0.3 is 18.6 Å². The number of benzene rings is 8. The molecule has 0 saturated heterocycles. The molecule has 1 aliphatic carbocycles. The Kier molecular flexibility index (Phi) is 6.58. The third-order valence-electron chi connectivity index (χ3n) is 10.7. The van der Waals surface area contributed by atoms with Gasteiger partial charge in [-0.3, -0.25) is 0 Å². The molecule has 0 bridgehead atoms. The Labute approximate surface area is 306 Å². The number of hydrogen-bond donors (Lipinski definition) is 0. The highest BCUT2D eigenvalue weighted by atomic mass is 16.3. The summed E-state index contributed by atoms with van der Waals surface area (Å²) in [5, 5.41) is 4.47. The van der Waals surface area contributed by atoms with E-state index in [2.05, 4.69) is 168 Å². The predicted octanol–water partition coefficient (Wildman–Crippen LogP) is 14.0. The first-order chi connectivity index (χ1) is 26.3. The SMILES string of the molecule is c1ccc(N(c2ccc3c(c2)-c2cccc(N(c4ccccc4)c4ccc5oc6ccccc6c5c4)c2C3)c2ccc3oc4ccccc4c3c2)cc1. The summed E-state index contributed by atoms with van der Waals surface area (Å²) in [6.07, 6.45) is 0.847. The Morgan fingerprint density at radius 3 is 1.49 bits per heavy atom. The lowest BCUT2D eigenvalue weighted by atomic mass is 10.0. The van der Waals surface area contributed by atoms with Crippen LogP contribution in [0.2, 0.25) is 0 Å². The van der Waals surface area contributed by atoms with Gasteiger partial charge in [0.15, 0.2) is 0 Å². The van der Waals surface area contributed by atoms with E-state index >= 15 is 0 Å². The molecule has 4 heteroatoms. The standard InChI is InChI=1S/C49H32N2O2/c1-3-12-33(13-4-1)50(36-24-26-48-43(30-36)39-16-7-9-20-46(39)52-48)35-23-22-32-28-42-38(41(32)29-35)18-11-19-45(42)51(34-14-5-2-6-15-34)37-25-27-49-44(31-37)40-17-8-10-21-47(40)53-49/h1-27,29-31H,28H2. The number of furan rings is 2. The van der Waals surface area contributed by atoms with Crippen LogP contribution < -0.4 is 9.80 Å². The van der Waals surface area contributed by atoms with Gasteiger partial charge in [0.25, 0.3) is 0 Å². The third kappa shape index (κ3) is 4.77. The van der Waals surface area contributed by atoms with Gasteiger partial charge in [-0.25, -0.2) is 0 Å². The van der Waals surface area contributed by atoms with Gasteiger partial charge in [0.2, 0.25) is 0 Å². The Morgan fingerprint density at radius 2 is 0.849 bits per heavy atom. The molecule has 2 heterocycles. The molecule has 0 N–H and O–H groups in total. The molecule has 8 aromatic carbocycles. The summed E-state index contributed by atoms with van der Waals surface area (Å²) in [5.41, 5.74) is 15.4. The van der Waals surface area contributed by atoms with Crippen molar-refractivity contribution in [3.05, 3.63) is 193 Å². The van der Waals surface area contributed by atoms with Crippen LogP contribution in [0.4, 0.5) is 34.1 Å². The van der Waals surface area contributed by atoms with Gasteiger partial charge in [0.1, 0.15) is 22.3 Å². The fourth-order valence-electron chi connectivity index (χ4n) is 8.26. The minimum absolute atomic E-state index is 0.847. The van der Waals surface area contributed by atoms with Crippen molar-refractivity contribution in [1.29, 1.82) is 0 Å². The minimum Gasteiger partial charge on any atom is -0.456 e. The van der Waals surface area contributed by atoms with Gasteiger partial charge in [0, 0.05) is 56.4 Å². The molecule has 0 fully saturated rings. The van der Waals surface area contributed by atoms with Crippen LogP contribution in [-0.4, -0.2) is 0 Å². The van der Waals surface area contributed by atoms with Crippen molar-refractivity contribution in [2.24, 2.45) is 0 Å². The Bertz CT molecular complexity index is 3000. The second-order valence-corrected chi connectivity index (χ2v) is 13.7. The molecule has 4 nitrogen and oxygen atoms in total. The van der Waals surface area contributed by atoms with Crippen molar-refractivity contribution < 1.29 is 8.83 Å². The number of hydrogen-bond acceptors (Lipinski definition) is 4. The average molecular weight is 681 g/mol. The summed E-state index contributed by atoms with van der Waals surface area (Å²) < 4.78 is 12.4. The van der Waals surface area contributed by atoms with Gasteiger partial charge in [-0.15, -0.1) is 0 Å². The summed E-state index contributed by atoms with van der Waals surface area (Å²) >= 11 is 0. The molecule has 0 saturated carbocycles. The van der Waals surface area contributed by atoms with E-state index in [1.807, 2.05) is 24.3 Å². The number of anilines is 6. The largest absolute Gasteiger partial charge is 0.456 e. The third-order valence-corrected chi connectivity index (χ3v) is 10.7. The lowest BCUT2D eigenvalue weighted by molar-refractivity contribution is 0.668. The highest BCUT2D eigenvalue weighted by Gasteiger charge is 2.27. The zero-order valence-electron chi connectivity index (χ0n) is 28.7. The topological polar surface area (TPSA) is 32.8 Å². The second-order valence-electron chi connectivity index (χ2n) is 13.7. The molecule has 0 spiro atoms.